The minimum Gasteiger partial charge on any atom is -0.497 e. The van der Waals surface area contributed by atoms with Crippen LogP contribution in [0.4, 0.5) is 10.5 Å². The maximum atomic E-state index is 13.0. The summed E-state index contributed by atoms with van der Waals surface area (Å²) in [5.41, 5.74) is 3.58. The van der Waals surface area contributed by atoms with Gasteiger partial charge in [-0.1, -0.05) is 35.9 Å². The molecule has 1 fully saturated rings. The van der Waals surface area contributed by atoms with E-state index in [9.17, 15) is 18.3 Å². The number of piperidine rings is 1. The van der Waals surface area contributed by atoms with Crippen LogP contribution < -0.4 is 14.4 Å². The number of hydrogen-bond acceptors (Lipinski definition) is 9. The second-order valence-electron chi connectivity index (χ2n) is 11.6. The fourth-order valence-corrected chi connectivity index (χ4v) is 6.98. The molecule has 2 aliphatic rings. The average Bonchev–Trinajstić information content (AvgIpc) is 3.06. The SMILES string of the molecule is COCCCN1CCOc2ccc(CO[C@@H]3C[C@H](COS(=O)(=O)c4ccc(C)cc4)CN(C(=O)O)C3c3ccc(OC)cc3)cc21. The van der Waals surface area contributed by atoms with E-state index in [-0.39, 0.29) is 24.7 Å². The fraction of sp³-hybridized carbons (Fsp3) is 0.441. The summed E-state index contributed by atoms with van der Waals surface area (Å²) < 4.78 is 54.4. The second-order valence-corrected chi connectivity index (χ2v) is 13.3. The summed E-state index contributed by atoms with van der Waals surface area (Å²) in [5.74, 6) is 1.03. The molecule has 46 heavy (non-hydrogen) atoms. The Morgan fingerprint density at radius 1 is 1.04 bits per heavy atom. The van der Waals surface area contributed by atoms with Crippen molar-refractivity contribution in [2.75, 3.05) is 58.6 Å². The van der Waals surface area contributed by atoms with Crippen molar-refractivity contribution in [3.63, 3.8) is 0 Å². The summed E-state index contributed by atoms with van der Waals surface area (Å²) in [5, 5.41) is 10.3. The minimum atomic E-state index is -4.03. The molecule has 1 unspecified atom stereocenters. The molecule has 2 aliphatic heterocycles. The van der Waals surface area contributed by atoms with Gasteiger partial charge in [0.25, 0.3) is 10.1 Å². The average molecular weight is 655 g/mol. The number of amides is 1. The van der Waals surface area contributed by atoms with E-state index in [1.807, 2.05) is 31.2 Å². The number of methoxy groups -OCH3 is 2. The number of likely N-dealkylation sites (tertiary alicyclic amines) is 1. The highest BCUT2D eigenvalue weighted by Crippen LogP contribution is 2.38. The molecular weight excluding hydrogens is 612 g/mol. The van der Waals surface area contributed by atoms with E-state index < -0.39 is 34.3 Å². The van der Waals surface area contributed by atoms with E-state index in [0.717, 1.165) is 47.6 Å². The zero-order chi connectivity index (χ0) is 32.7. The number of nitrogens with zero attached hydrogens (tertiary/aromatic N) is 2. The lowest BCUT2D eigenvalue weighted by Gasteiger charge is -2.43. The summed E-state index contributed by atoms with van der Waals surface area (Å²) in [6, 6.07) is 19.0. The molecule has 0 saturated carbocycles. The Kier molecular flexibility index (Phi) is 11.1. The van der Waals surface area contributed by atoms with Gasteiger partial charge in [0.1, 0.15) is 18.1 Å². The van der Waals surface area contributed by atoms with Crippen LogP contribution in [0, 0.1) is 12.8 Å². The van der Waals surface area contributed by atoms with Gasteiger partial charge in [0.15, 0.2) is 0 Å². The van der Waals surface area contributed by atoms with Gasteiger partial charge in [0, 0.05) is 32.7 Å². The van der Waals surface area contributed by atoms with Crippen LogP contribution in [0.2, 0.25) is 0 Å². The molecule has 3 aromatic carbocycles. The van der Waals surface area contributed by atoms with Gasteiger partial charge in [-0.15, -0.1) is 0 Å². The van der Waals surface area contributed by atoms with Crippen LogP contribution in [-0.4, -0.2) is 84.3 Å². The quantitative estimate of drug-likeness (QED) is 0.193. The van der Waals surface area contributed by atoms with E-state index in [4.69, 9.17) is 23.1 Å². The molecule has 5 rings (SSSR count). The van der Waals surface area contributed by atoms with Gasteiger partial charge < -0.3 is 29.0 Å². The third-order valence-electron chi connectivity index (χ3n) is 8.40. The van der Waals surface area contributed by atoms with E-state index >= 15 is 0 Å². The molecular formula is C34H42N2O9S. The molecule has 11 nitrogen and oxygen atoms in total. The third kappa shape index (κ3) is 8.11. The maximum absolute atomic E-state index is 13.0. The molecule has 0 radical (unpaired) electrons. The van der Waals surface area contributed by atoms with Gasteiger partial charge in [-0.25, -0.2) is 4.79 Å². The monoisotopic (exact) mass is 654 g/mol. The molecule has 0 bridgehead atoms. The number of benzene rings is 3. The van der Waals surface area contributed by atoms with Crippen LogP contribution in [-0.2, 0) is 30.4 Å². The zero-order valence-electron chi connectivity index (χ0n) is 26.5. The molecule has 12 heteroatoms. The molecule has 248 valence electrons. The van der Waals surface area contributed by atoms with Crippen molar-refractivity contribution in [3.8, 4) is 11.5 Å². The van der Waals surface area contributed by atoms with Gasteiger partial charge in [0.2, 0.25) is 0 Å². The van der Waals surface area contributed by atoms with E-state index in [2.05, 4.69) is 11.0 Å². The highest BCUT2D eigenvalue weighted by Gasteiger charge is 2.41. The van der Waals surface area contributed by atoms with E-state index in [0.29, 0.717) is 25.4 Å². The molecule has 3 atom stereocenters. The summed E-state index contributed by atoms with van der Waals surface area (Å²) in [6.45, 7) is 4.87. The van der Waals surface area contributed by atoms with Gasteiger partial charge in [-0.2, -0.15) is 8.42 Å². The first-order valence-electron chi connectivity index (χ1n) is 15.4. The normalized spacial score (nSPS) is 19.8. The molecule has 0 aliphatic carbocycles. The predicted molar refractivity (Wildman–Crippen MR) is 172 cm³/mol. The summed E-state index contributed by atoms with van der Waals surface area (Å²) in [4.78, 5) is 16.3. The molecule has 1 N–H and O–H groups in total. The van der Waals surface area contributed by atoms with Gasteiger partial charge in [0.05, 0.1) is 49.6 Å². The van der Waals surface area contributed by atoms with Crippen molar-refractivity contribution in [2.45, 2.75) is 43.4 Å². The second kappa shape index (κ2) is 15.2. The third-order valence-corrected chi connectivity index (χ3v) is 9.70. The van der Waals surface area contributed by atoms with Crippen LogP contribution in [0.25, 0.3) is 0 Å². The number of carbonyl (C=O) groups is 1. The van der Waals surface area contributed by atoms with Gasteiger partial charge in [-0.3, -0.25) is 9.08 Å². The number of anilines is 1. The van der Waals surface area contributed by atoms with Crippen LogP contribution in [0.5, 0.6) is 11.5 Å². The molecule has 0 aromatic heterocycles. The highest BCUT2D eigenvalue weighted by atomic mass is 32.2. The molecule has 0 spiro atoms. The number of carboxylic acid groups (broad SMARTS) is 1. The largest absolute Gasteiger partial charge is 0.497 e. The number of hydrogen-bond donors (Lipinski definition) is 1. The first-order chi connectivity index (χ1) is 22.2. The fourth-order valence-electron chi connectivity index (χ4n) is 6.00. The Balaban J connectivity index is 1.37. The van der Waals surface area contributed by atoms with Crippen molar-refractivity contribution in [2.24, 2.45) is 5.92 Å². The summed E-state index contributed by atoms with van der Waals surface area (Å²) in [6.07, 6.45) is -0.436. The molecule has 1 saturated heterocycles. The number of fused-ring (bicyclic) bond motifs is 1. The molecule has 2 heterocycles. The number of rotatable bonds is 13. The van der Waals surface area contributed by atoms with Crippen LogP contribution in [0.1, 0.15) is 35.6 Å². The molecule has 1 amide bonds. The van der Waals surface area contributed by atoms with Gasteiger partial charge >= 0.3 is 6.09 Å². The lowest BCUT2D eigenvalue weighted by molar-refractivity contribution is -0.0670. The Morgan fingerprint density at radius 3 is 2.50 bits per heavy atom. The van der Waals surface area contributed by atoms with Crippen LogP contribution in [0.3, 0.4) is 0 Å². The summed E-state index contributed by atoms with van der Waals surface area (Å²) >= 11 is 0. The van der Waals surface area contributed by atoms with Crippen molar-refractivity contribution in [1.82, 2.24) is 4.90 Å². The molecule has 3 aromatic rings. The first-order valence-corrected chi connectivity index (χ1v) is 16.8. The van der Waals surface area contributed by atoms with Crippen molar-refractivity contribution in [3.05, 3.63) is 83.4 Å². The first kappa shape index (κ1) is 33.5. The predicted octanol–water partition coefficient (Wildman–Crippen LogP) is 5.27. The maximum Gasteiger partial charge on any atom is 0.407 e. The van der Waals surface area contributed by atoms with Crippen LogP contribution in [0.15, 0.2) is 71.6 Å². The Labute approximate surface area is 270 Å². The lowest BCUT2D eigenvalue weighted by atomic mass is 9.87. The Morgan fingerprint density at radius 2 is 1.80 bits per heavy atom. The minimum absolute atomic E-state index is 0.0561. The van der Waals surface area contributed by atoms with Crippen molar-refractivity contribution in [1.29, 1.82) is 0 Å². The van der Waals surface area contributed by atoms with Gasteiger partial charge in [-0.05, 0) is 67.3 Å². The zero-order valence-corrected chi connectivity index (χ0v) is 27.3. The number of ether oxygens (including phenoxy) is 4. The van der Waals surface area contributed by atoms with Crippen LogP contribution >= 0.6 is 0 Å². The Bertz CT molecular complexity index is 1560. The smallest absolute Gasteiger partial charge is 0.407 e. The topological polar surface area (TPSA) is 124 Å². The van der Waals surface area contributed by atoms with E-state index in [1.165, 1.54) is 17.0 Å². The number of aryl methyl sites for hydroxylation is 1. The standard InChI is InChI=1S/C34H42N2O9S/c1-24-5-12-29(13-6-24)46(39,40)45-23-26-20-32(33(36(21-26)34(37)38)27-8-10-28(42-3)11-9-27)44-22-25-7-14-31-30(19-25)35(16-18-43-31)15-4-17-41-2/h5-14,19,26,32-33H,4,15-18,20-23H2,1-3H3,(H,37,38)/t26-,32+,33?/m0/s1. The lowest BCUT2D eigenvalue weighted by Crippen LogP contribution is -2.50. The summed E-state index contributed by atoms with van der Waals surface area (Å²) in [7, 11) is -0.763. The highest BCUT2D eigenvalue weighted by molar-refractivity contribution is 7.86. The van der Waals surface area contributed by atoms with Crippen molar-refractivity contribution >= 4 is 21.9 Å². The van der Waals surface area contributed by atoms with E-state index in [1.54, 1.807) is 38.5 Å². The van der Waals surface area contributed by atoms with Crippen molar-refractivity contribution < 1.29 is 41.4 Å². The Hall–Kier alpha value is -3.84.